The molecule has 0 saturated carbocycles. The lowest BCUT2D eigenvalue weighted by molar-refractivity contribution is -0.768. The summed E-state index contributed by atoms with van der Waals surface area (Å²) in [6, 6.07) is 1.92. The van der Waals surface area contributed by atoms with Crippen LogP contribution in [0.25, 0.3) is 6.08 Å². The smallest absolute Gasteiger partial charge is 0.430 e. The molecule has 2 rings (SSSR count). The molecule has 0 aliphatic carbocycles. The predicted molar refractivity (Wildman–Crippen MR) is 90.4 cm³/mol. The number of ether oxygens (including phenoxy) is 2. The Morgan fingerprint density at radius 3 is 2.40 bits per heavy atom. The summed E-state index contributed by atoms with van der Waals surface area (Å²) in [6.07, 6.45) is -9.46. The van der Waals surface area contributed by atoms with Gasteiger partial charge in [0.1, 0.15) is 25.1 Å². The van der Waals surface area contributed by atoms with E-state index in [4.69, 9.17) is 20.5 Å². The van der Waals surface area contributed by atoms with Gasteiger partial charge in [0.2, 0.25) is 6.10 Å². The van der Waals surface area contributed by atoms with Gasteiger partial charge in [-0.1, -0.05) is 11.6 Å². The molecule has 0 amide bonds. The van der Waals surface area contributed by atoms with Crippen LogP contribution in [0.2, 0.25) is 5.02 Å². The van der Waals surface area contributed by atoms with Gasteiger partial charge in [0, 0.05) is 14.7 Å². The molecule has 30 heavy (non-hydrogen) atoms. The van der Waals surface area contributed by atoms with Gasteiger partial charge in [0.15, 0.2) is 0 Å². The number of benzene rings is 1. The van der Waals surface area contributed by atoms with E-state index in [9.17, 15) is 38.2 Å². The summed E-state index contributed by atoms with van der Waals surface area (Å²) in [7, 11) is 0. The van der Waals surface area contributed by atoms with Gasteiger partial charge in [-0.3, -0.25) is 0 Å². The Morgan fingerprint density at radius 2 is 1.90 bits per heavy atom. The maximum Gasteiger partial charge on any atom is 0.430 e. The number of nitrogens with zero attached hydrogens (tertiary/aromatic N) is 2. The Labute approximate surface area is 174 Å². The van der Waals surface area contributed by atoms with Gasteiger partial charge >= 0.3 is 12.1 Å². The highest BCUT2D eigenvalue weighted by Crippen LogP contribution is 2.40. The summed E-state index contributed by atoms with van der Waals surface area (Å²) in [5.41, 5.74) is -2.11. The number of alkyl halides is 3. The first kappa shape index (κ1) is 18.7. The van der Waals surface area contributed by atoms with Crippen molar-refractivity contribution in [2.45, 2.75) is 25.2 Å². The standard InChI is InChI=1S/C15H12ClF3N2O9/c1-7-2-9(16)3-8-4-11(13(15(17,18)19)30-12(7)8)14(22)29-10(5-27-20(23)24)6-28-21(25)26/h2-4,10,13H,5-6H2,1H3/t13-/m0/s1/i1D3. The molecule has 1 aromatic rings. The van der Waals surface area contributed by atoms with Crippen molar-refractivity contribution in [1.82, 2.24) is 0 Å². The normalized spacial score (nSPS) is 17.4. The largest absolute Gasteiger partial charge is 0.475 e. The number of carbonyl (C=O) groups excluding carboxylic acids is 1. The highest BCUT2D eigenvalue weighted by Gasteiger charge is 2.49. The molecule has 1 aliphatic rings. The molecule has 0 bridgehead atoms. The molecule has 0 aromatic heterocycles. The molecule has 0 saturated heterocycles. The number of hydrogen-bond donors (Lipinski definition) is 0. The minimum absolute atomic E-state index is 0.186. The van der Waals surface area contributed by atoms with Crippen molar-refractivity contribution in [2.24, 2.45) is 0 Å². The molecule has 0 unspecified atom stereocenters. The Balaban J connectivity index is 2.46. The minimum atomic E-state index is -5.24. The van der Waals surface area contributed by atoms with E-state index in [0.29, 0.717) is 6.08 Å². The van der Waals surface area contributed by atoms with Crippen LogP contribution in [0, 0.1) is 27.1 Å². The first-order valence-electron chi connectivity index (χ1n) is 9.14. The highest BCUT2D eigenvalue weighted by molar-refractivity contribution is 6.30. The van der Waals surface area contributed by atoms with Crippen LogP contribution < -0.4 is 4.74 Å². The summed E-state index contributed by atoms with van der Waals surface area (Å²) < 4.78 is 72.8. The van der Waals surface area contributed by atoms with Gasteiger partial charge in [-0.05, 0) is 30.6 Å². The number of halogens is 4. The van der Waals surface area contributed by atoms with Crippen LogP contribution in [0.1, 0.15) is 15.2 Å². The van der Waals surface area contributed by atoms with Crippen LogP contribution in [0.3, 0.4) is 0 Å². The van der Waals surface area contributed by atoms with E-state index in [-0.39, 0.29) is 10.6 Å². The molecular weight excluding hydrogens is 445 g/mol. The molecular formula is C15H12ClF3N2O9. The lowest BCUT2D eigenvalue weighted by Gasteiger charge is -2.29. The zero-order valence-electron chi connectivity index (χ0n) is 17.4. The summed E-state index contributed by atoms with van der Waals surface area (Å²) in [5, 5.41) is 17.8. The second-order valence-corrected chi connectivity index (χ2v) is 6.01. The van der Waals surface area contributed by atoms with Crippen molar-refractivity contribution in [3.8, 4) is 5.75 Å². The number of aryl methyl sites for hydroxylation is 1. The first-order chi connectivity index (χ1) is 15.1. The summed E-state index contributed by atoms with van der Waals surface area (Å²) in [4.78, 5) is 41.0. The van der Waals surface area contributed by atoms with Crippen molar-refractivity contribution < 1.29 is 51.4 Å². The summed E-state index contributed by atoms with van der Waals surface area (Å²) in [6.45, 7) is -5.10. The van der Waals surface area contributed by atoms with E-state index in [1.807, 2.05) is 0 Å². The van der Waals surface area contributed by atoms with E-state index in [1.54, 1.807) is 0 Å². The molecule has 1 aromatic carbocycles. The van der Waals surface area contributed by atoms with Crippen LogP contribution in [0.4, 0.5) is 13.2 Å². The Bertz CT molecular complexity index is 970. The number of hydrogen-bond acceptors (Lipinski definition) is 9. The molecule has 1 heterocycles. The molecule has 0 spiro atoms. The molecule has 1 atom stereocenters. The second-order valence-electron chi connectivity index (χ2n) is 5.58. The highest BCUT2D eigenvalue weighted by atomic mass is 35.5. The van der Waals surface area contributed by atoms with Crippen LogP contribution in [-0.4, -0.2) is 47.7 Å². The fourth-order valence-corrected chi connectivity index (χ4v) is 2.54. The number of esters is 1. The lowest BCUT2D eigenvalue weighted by atomic mass is 9.99. The maximum atomic E-state index is 13.6. The van der Waals surface area contributed by atoms with Gasteiger partial charge in [-0.15, -0.1) is 20.2 Å². The second kappa shape index (κ2) is 9.02. The molecule has 0 N–H and O–H groups in total. The third kappa shape index (κ3) is 5.85. The Hall–Kier alpha value is -3.29. The molecule has 0 fully saturated rings. The summed E-state index contributed by atoms with van der Waals surface area (Å²) >= 11 is 5.83. The fraction of sp³-hybridized carbons (Fsp3) is 0.400. The monoisotopic (exact) mass is 459 g/mol. The van der Waals surface area contributed by atoms with Gasteiger partial charge in [0.25, 0.3) is 10.2 Å². The van der Waals surface area contributed by atoms with Gasteiger partial charge in [0.05, 0.1) is 5.57 Å². The Morgan fingerprint density at radius 1 is 1.30 bits per heavy atom. The molecule has 0 radical (unpaired) electrons. The number of rotatable bonds is 8. The third-order valence-electron chi connectivity index (χ3n) is 3.45. The molecule has 11 nitrogen and oxygen atoms in total. The first-order valence-corrected chi connectivity index (χ1v) is 8.02. The van der Waals surface area contributed by atoms with E-state index >= 15 is 0 Å². The van der Waals surface area contributed by atoms with E-state index in [2.05, 4.69) is 14.4 Å². The molecule has 1 aliphatic heterocycles. The van der Waals surface area contributed by atoms with Crippen molar-refractivity contribution in [1.29, 1.82) is 0 Å². The van der Waals surface area contributed by atoms with Gasteiger partial charge < -0.3 is 19.1 Å². The van der Waals surface area contributed by atoms with Crippen molar-refractivity contribution in [3.63, 3.8) is 0 Å². The van der Waals surface area contributed by atoms with E-state index in [1.165, 1.54) is 0 Å². The quantitative estimate of drug-likeness (QED) is 0.326. The Kier molecular flexibility index (Phi) is 5.63. The average molecular weight is 460 g/mol. The average Bonchev–Trinajstić information content (AvgIpc) is 2.66. The zero-order chi connectivity index (χ0) is 25.1. The SMILES string of the molecule is [2H]C([2H])([2H])c1cc(Cl)cc2c1O[C@H](C(F)(F)F)C(C(=O)OC(CO[N+](=O)[O-])CO[N+](=O)[O-])=C2. The van der Waals surface area contributed by atoms with Crippen molar-refractivity contribution in [3.05, 3.63) is 54.1 Å². The number of carbonyl (C=O) groups is 1. The van der Waals surface area contributed by atoms with E-state index < -0.39 is 71.5 Å². The molecule has 15 heteroatoms. The van der Waals surface area contributed by atoms with Crippen molar-refractivity contribution in [2.75, 3.05) is 13.2 Å². The van der Waals surface area contributed by atoms with Crippen LogP contribution in [0.15, 0.2) is 17.7 Å². The van der Waals surface area contributed by atoms with Gasteiger partial charge in [-0.25, -0.2) is 4.79 Å². The number of fused-ring (bicyclic) bond motifs is 1. The predicted octanol–water partition coefficient (Wildman–Crippen LogP) is 2.68. The van der Waals surface area contributed by atoms with Crippen LogP contribution >= 0.6 is 11.6 Å². The molecule has 164 valence electrons. The topological polar surface area (TPSA) is 140 Å². The summed E-state index contributed by atoms with van der Waals surface area (Å²) in [5.74, 6) is -2.43. The van der Waals surface area contributed by atoms with Crippen LogP contribution in [0.5, 0.6) is 5.75 Å². The fourth-order valence-electron chi connectivity index (χ4n) is 2.31. The maximum absolute atomic E-state index is 13.6. The third-order valence-corrected chi connectivity index (χ3v) is 3.67. The van der Waals surface area contributed by atoms with E-state index in [0.717, 1.165) is 12.1 Å². The van der Waals surface area contributed by atoms with Gasteiger partial charge in [-0.2, -0.15) is 13.2 Å². The lowest BCUT2D eigenvalue weighted by Crippen LogP contribution is -2.42. The minimum Gasteiger partial charge on any atom is -0.475 e. The zero-order valence-corrected chi connectivity index (χ0v) is 15.1. The van der Waals surface area contributed by atoms with Crippen molar-refractivity contribution >= 4 is 23.6 Å². The van der Waals surface area contributed by atoms with Crippen LogP contribution in [-0.2, 0) is 19.2 Å².